The molecule has 0 aliphatic carbocycles. The average Bonchev–Trinajstić information content (AvgIpc) is 2.51. The Morgan fingerprint density at radius 3 is 2.70 bits per heavy atom. The van der Waals surface area contributed by atoms with Gasteiger partial charge in [-0.1, -0.05) is 0 Å². The van der Waals surface area contributed by atoms with Crippen molar-refractivity contribution < 1.29 is 18.4 Å². The number of piperidine rings is 1. The molecule has 0 spiro atoms. The van der Waals surface area contributed by atoms with E-state index in [9.17, 15) is 18.4 Å². The van der Waals surface area contributed by atoms with Crippen molar-refractivity contribution in [3.63, 3.8) is 0 Å². The highest BCUT2D eigenvalue weighted by Crippen LogP contribution is 2.13. The molecule has 23 heavy (non-hydrogen) atoms. The Morgan fingerprint density at radius 1 is 1.26 bits per heavy atom. The van der Waals surface area contributed by atoms with Crippen LogP contribution >= 0.6 is 12.4 Å². The summed E-state index contributed by atoms with van der Waals surface area (Å²) in [4.78, 5) is 23.6. The summed E-state index contributed by atoms with van der Waals surface area (Å²) in [6, 6.07) is 2.81. The van der Waals surface area contributed by atoms with E-state index in [2.05, 4.69) is 10.6 Å². The van der Waals surface area contributed by atoms with Gasteiger partial charge in [0, 0.05) is 25.5 Å². The molecule has 0 bridgehead atoms. The smallest absolute Gasteiger partial charge is 0.220 e. The lowest BCUT2D eigenvalue weighted by Gasteiger charge is -2.22. The van der Waals surface area contributed by atoms with Gasteiger partial charge >= 0.3 is 0 Å². The quantitative estimate of drug-likeness (QED) is 0.778. The number of carbonyl (C=O) groups is 2. The average molecular weight is 347 g/mol. The number of hydrogen-bond donors (Lipinski definition) is 2. The summed E-state index contributed by atoms with van der Waals surface area (Å²) in [5.41, 5.74) is -0.175. The molecular weight excluding hydrogens is 326 g/mol. The van der Waals surface area contributed by atoms with Crippen molar-refractivity contribution in [2.45, 2.75) is 25.7 Å². The largest absolute Gasteiger partial charge is 0.356 e. The first-order valence-corrected chi connectivity index (χ1v) is 7.52. The van der Waals surface area contributed by atoms with Crippen LogP contribution in [0.3, 0.4) is 0 Å². The van der Waals surface area contributed by atoms with Gasteiger partial charge in [-0.05, 0) is 44.0 Å². The standard InChI is InChI=1S/C16H20F2N2O2.ClH/c17-12-3-4-13(14(18)8-12)15(21)5-6-16(22)20-10-11-2-1-7-19-9-11;/h3-4,8,11,19H,1-2,5-7,9-10H2,(H,20,22);1H. The Balaban J connectivity index is 0.00000264. The molecule has 1 saturated heterocycles. The third-order valence-corrected chi connectivity index (χ3v) is 3.80. The van der Waals surface area contributed by atoms with Crippen LogP contribution in [0.5, 0.6) is 0 Å². The molecule has 1 amide bonds. The molecule has 7 heteroatoms. The molecule has 1 aliphatic heterocycles. The number of ketones is 1. The molecular formula is C16H21ClF2N2O2. The molecule has 0 saturated carbocycles. The van der Waals surface area contributed by atoms with E-state index in [4.69, 9.17) is 0 Å². The SMILES string of the molecule is Cl.O=C(CCC(=O)c1ccc(F)cc1F)NCC1CCCNC1. The van der Waals surface area contributed by atoms with Crippen molar-refractivity contribution in [2.24, 2.45) is 5.92 Å². The number of Topliss-reactive ketones (excluding diaryl/α,β-unsaturated/α-hetero) is 1. The number of rotatable bonds is 6. The Bertz CT molecular complexity index is 549. The fourth-order valence-electron chi connectivity index (χ4n) is 2.52. The Kier molecular flexibility index (Phi) is 8.12. The molecule has 128 valence electrons. The Labute approximate surface area is 140 Å². The lowest BCUT2D eigenvalue weighted by atomic mass is 9.99. The lowest BCUT2D eigenvalue weighted by molar-refractivity contribution is -0.121. The van der Waals surface area contributed by atoms with E-state index in [1.165, 1.54) is 0 Å². The van der Waals surface area contributed by atoms with Gasteiger partial charge in [-0.2, -0.15) is 0 Å². The normalized spacial score (nSPS) is 17.2. The molecule has 0 aromatic heterocycles. The van der Waals surface area contributed by atoms with Crippen LogP contribution in [0.4, 0.5) is 8.78 Å². The van der Waals surface area contributed by atoms with Gasteiger partial charge in [-0.25, -0.2) is 8.78 Å². The minimum atomic E-state index is -0.890. The van der Waals surface area contributed by atoms with Crippen molar-refractivity contribution >= 4 is 24.1 Å². The molecule has 0 radical (unpaired) electrons. The number of amides is 1. The van der Waals surface area contributed by atoms with Crippen LogP contribution < -0.4 is 10.6 Å². The van der Waals surface area contributed by atoms with E-state index in [1.54, 1.807) is 0 Å². The zero-order chi connectivity index (χ0) is 15.9. The first kappa shape index (κ1) is 19.5. The molecule has 1 aliphatic rings. The van der Waals surface area contributed by atoms with Crippen molar-refractivity contribution in [2.75, 3.05) is 19.6 Å². The first-order valence-electron chi connectivity index (χ1n) is 7.52. The van der Waals surface area contributed by atoms with Crippen LogP contribution in [0.15, 0.2) is 18.2 Å². The van der Waals surface area contributed by atoms with E-state index in [1.807, 2.05) is 0 Å². The van der Waals surface area contributed by atoms with Crippen molar-refractivity contribution in [1.82, 2.24) is 10.6 Å². The van der Waals surface area contributed by atoms with E-state index in [-0.39, 0.29) is 36.7 Å². The molecule has 1 aromatic carbocycles. The minimum Gasteiger partial charge on any atom is -0.356 e. The summed E-state index contributed by atoms with van der Waals surface area (Å²) in [5.74, 6) is -1.91. The van der Waals surface area contributed by atoms with Crippen molar-refractivity contribution in [3.05, 3.63) is 35.4 Å². The van der Waals surface area contributed by atoms with Crippen LogP contribution in [0.25, 0.3) is 0 Å². The second-order valence-electron chi connectivity index (χ2n) is 5.56. The summed E-state index contributed by atoms with van der Waals surface area (Å²) < 4.78 is 26.2. The molecule has 1 atom stereocenters. The second-order valence-corrected chi connectivity index (χ2v) is 5.56. The summed E-state index contributed by atoms with van der Waals surface area (Å²) >= 11 is 0. The summed E-state index contributed by atoms with van der Waals surface area (Å²) in [6.45, 7) is 2.49. The minimum absolute atomic E-state index is 0. The number of carbonyl (C=O) groups excluding carboxylic acids is 2. The number of hydrogen-bond acceptors (Lipinski definition) is 3. The maximum absolute atomic E-state index is 13.4. The van der Waals surface area contributed by atoms with Gasteiger partial charge in [0.25, 0.3) is 0 Å². The fourth-order valence-corrected chi connectivity index (χ4v) is 2.52. The predicted molar refractivity (Wildman–Crippen MR) is 85.8 cm³/mol. The number of benzene rings is 1. The Hall–Kier alpha value is -1.53. The highest BCUT2D eigenvalue weighted by Gasteiger charge is 2.16. The lowest BCUT2D eigenvalue weighted by Crippen LogP contribution is -2.38. The molecule has 1 fully saturated rings. The predicted octanol–water partition coefficient (Wildman–Crippen LogP) is 2.47. The van der Waals surface area contributed by atoms with Gasteiger partial charge in [0.15, 0.2) is 5.78 Å². The third-order valence-electron chi connectivity index (χ3n) is 3.80. The molecule has 1 aromatic rings. The van der Waals surface area contributed by atoms with Gasteiger partial charge in [0.1, 0.15) is 11.6 Å². The van der Waals surface area contributed by atoms with Crippen LogP contribution in [0.1, 0.15) is 36.0 Å². The molecule has 4 nitrogen and oxygen atoms in total. The Morgan fingerprint density at radius 2 is 2.04 bits per heavy atom. The molecule has 2 N–H and O–H groups in total. The van der Waals surface area contributed by atoms with Crippen LogP contribution in [0, 0.1) is 17.6 Å². The number of nitrogens with one attached hydrogen (secondary N) is 2. The topological polar surface area (TPSA) is 58.2 Å². The van der Waals surface area contributed by atoms with E-state index in [0.29, 0.717) is 18.5 Å². The van der Waals surface area contributed by atoms with Gasteiger partial charge in [0.05, 0.1) is 5.56 Å². The van der Waals surface area contributed by atoms with Crippen molar-refractivity contribution in [3.8, 4) is 0 Å². The summed E-state index contributed by atoms with van der Waals surface area (Å²) in [5, 5.41) is 6.06. The summed E-state index contributed by atoms with van der Waals surface area (Å²) in [7, 11) is 0. The second kappa shape index (κ2) is 9.57. The van der Waals surface area contributed by atoms with E-state index in [0.717, 1.165) is 38.1 Å². The van der Waals surface area contributed by atoms with Crippen LogP contribution in [-0.2, 0) is 4.79 Å². The maximum atomic E-state index is 13.4. The molecule has 2 rings (SSSR count). The molecule has 1 unspecified atom stereocenters. The van der Waals surface area contributed by atoms with Gasteiger partial charge in [-0.15, -0.1) is 12.4 Å². The third kappa shape index (κ3) is 6.23. The number of halogens is 3. The zero-order valence-corrected chi connectivity index (χ0v) is 13.6. The van der Waals surface area contributed by atoms with Crippen molar-refractivity contribution in [1.29, 1.82) is 0 Å². The zero-order valence-electron chi connectivity index (χ0n) is 12.7. The first-order chi connectivity index (χ1) is 10.6. The monoisotopic (exact) mass is 346 g/mol. The van der Waals surface area contributed by atoms with E-state index < -0.39 is 17.4 Å². The van der Waals surface area contributed by atoms with Gasteiger partial charge < -0.3 is 10.6 Å². The highest BCUT2D eigenvalue weighted by atomic mass is 35.5. The van der Waals surface area contributed by atoms with Gasteiger partial charge in [0.2, 0.25) is 5.91 Å². The fraction of sp³-hybridized carbons (Fsp3) is 0.500. The maximum Gasteiger partial charge on any atom is 0.220 e. The van der Waals surface area contributed by atoms with Crippen LogP contribution in [-0.4, -0.2) is 31.3 Å². The van der Waals surface area contributed by atoms with Gasteiger partial charge in [-0.3, -0.25) is 9.59 Å². The summed E-state index contributed by atoms with van der Waals surface area (Å²) in [6.07, 6.45) is 2.10. The van der Waals surface area contributed by atoms with E-state index >= 15 is 0 Å². The highest BCUT2D eigenvalue weighted by molar-refractivity contribution is 5.98. The molecule has 1 heterocycles. The van der Waals surface area contributed by atoms with Crippen LogP contribution in [0.2, 0.25) is 0 Å².